The molecule has 118 valence electrons. The van der Waals surface area contributed by atoms with Gasteiger partial charge in [-0.2, -0.15) is 0 Å². The predicted octanol–water partition coefficient (Wildman–Crippen LogP) is 5.35. The summed E-state index contributed by atoms with van der Waals surface area (Å²) in [4.78, 5) is 0.371. The minimum Gasteiger partial charge on any atom is -0.455 e. The molecule has 0 saturated heterocycles. The van der Waals surface area contributed by atoms with E-state index < -0.39 is 11.1 Å². The Bertz CT molecular complexity index is 1020. The van der Waals surface area contributed by atoms with Crippen molar-refractivity contribution >= 4 is 22.0 Å². The van der Waals surface area contributed by atoms with E-state index in [1.54, 1.807) is 12.1 Å². The van der Waals surface area contributed by atoms with Crippen LogP contribution in [-0.4, -0.2) is 8.76 Å². The monoisotopic (exact) mass is 334 g/mol. The first kappa shape index (κ1) is 14.9. The molecule has 0 aliphatic rings. The third kappa shape index (κ3) is 2.56. The summed E-state index contributed by atoms with van der Waals surface area (Å²) in [6.45, 7) is 0. The standard InChI is InChI=1S/C20H14O3S/c21-24(22)16-12-10-15(11-13-16)20-19(14-6-2-1-3-7-14)17-8-4-5-9-18(17)23-20/h1-13H,(H,21,22). The first-order valence-electron chi connectivity index (χ1n) is 7.52. The Morgan fingerprint density at radius 2 is 1.42 bits per heavy atom. The van der Waals surface area contributed by atoms with Crippen molar-refractivity contribution in [3.8, 4) is 22.5 Å². The van der Waals surface area contributed by atoms with Crippen molar-refractivity contribution in [3.05, 3.63) is 78.9 Å². The van der Waals surface area contributed by atoms with Crippen LogP contribution in [0.25, 0.3) is 33.4 Å². The molecule has 0 aliphatic carbocycles. The molecule has 4 rings (SSSR count). The van der Waals surface area contributed by atoms with E-state index in [9.17, 15) is 8.76 Å². The maximum Gasteiger partial charge on any atom is 0.186 e. The summed E-state index contributed by atoms with van der Waals surface area (Å²) in [5.74, 6) is 0.762. The zero-order valence-corrected chi connectivity index (χ0v) is 13.5. The zero-order chi connectivity index (χ0) is 16.5. The molecule has 0 fully saturated rings. The third-order valence-corrected chi connectivity index (χ3v) is 4.65. The van der Waals surface area contributed by atoms with E-state index in [1.807, 2.05) is 54.6 Å². The van der Waals surface area contributed by atoms with Gasteiger partial charge in [-0.1, -0.05) is 48.5 Å². The summed E-state index contributed by atoms with van der Waals surface area (Å²) in [6.07, 6.45) is 0. The van der Waals surface area contributed by atoms with Crippen LogP contribution in [0.4, 0.5) is 0 Å². The molecular weight excluding hydrogens is 320 g/mol. The van der Waals surface area contributed by atoms with Crippen LogP contribution in [0.5, 0.6) is 0 Å². The van der Waals surface area contributed by atoms with Gasteiger partial charge in [0.1, 0.15) is 11.3 Å². The highest BCUT2D eigenvalue weighted by atomic mass is 32.2. The minimum absolute atomic E-state index is 0.371. The number of furan rings is 1. The number of fused-ring (bicyclic) bond motifs is 1. The van der Waals surface area contributed by atoms with Crippen molar-refractivity contribution < 1.29 is 13.2 Å². The van der Waals surface area contributed by atoms with Crippen LogP contribution >= 0.6 is 0 Å². The molecule has 0 aliphatic heterocycles. The molecule has 0 radical (unpaired) electrons. The van der Waals surface area contributed by atoms with Gasteiger partial charge in [-0.3, -0.25) is 0 Å². The molecule has 3 aromatic carbocycles. The summed E-state index contributed by atoms with van der Waals surface area (Å²) < 4.78 is 26.4. The second-order valence-corrected chi connectivity index (χ2v) is 6.41. The van der Waals surface area contributed by atoms with Crippen LogP contribution in [0.1, 0.15) is 0 Å². The molecular formula is C20H14O3S. The van der Waals surface area contributed by atoms with E-state index >= 15 is 0 Å². The first-order valence-corrected chi connectivity index (χ1v) is 8.63. The van der Waals surface area contributed by atoms with E-state index in [0.717, 1.165) is 33.4 Å². The van der Waals surface area contributed by atoms with Crippen LogP contribution in [0.2, 0.25) is 0 Å². The number of hydrogen-bond acceptors (Lipinski definition) is 2. The van der Waals surface area contributed by atoms with Crippen LogP contribution in [-0.2, 0) is 11.1 Å². The largest absolute Gasteiger partial charge is 0.455 e. The summed E-state index contributed by atoms with van der Waals surface area (Å²) in [7, 11) is 0. The lowest BCUT2D eigenvalue weighted by molar-refractivity contribution is 0.564. The van der Waals surface area contributed by atoms with E-state index in [-0.39, 0.29) is 0 Å². The first-order chi connectivity index (χ1) is 11.7. The summed E-state index contributed by atoms with van der Waals surface area (Å²) >= 11 is -1.98. The van der Waals surface area contributed by atoms with E-state index in [0.29, 0.717) is 4.90 Å². The smallest absolute Gasteiger partial charge is 0.186 e. The average molecular weight is 334 g/mol. The van der Waals surface area contributed by atoms with Gasteiger partial charge in [-0.25, -0.2) is 4.21 Å². The van der Waals surface area contributed by atoms with E-state index in [4.69, 9.17) is 4.42 Å². The Labute approximate surface area is 141 Å². The lowest BCUT2D eigenvalue weighted by atomic mass is 9.99. The van der Waals surface area contributed by atoms with Gasteiger partial charge in [0.15, 0.2) is 11.1 Å². The molecule has 3 nitrogen and oxygen atoms in total. The molecule has 4 aromatic rings. The molecule has 1 N–H and O–H groups in total. The topological polar surface area (TPSA) is 50.4 Å². The normalized spacial score (nSPS) is 12.4. The second kappa shape index (κ2) is 6.07. The second-order valence-electron chi connectivity index (χ2n) is 5.44. The minimum atomic E-state index is -1.98. The fourth-order valence-corrected chi connectivity index (χ4v) is 3.23. The van der Waals surface area contributed by atoms with E-state index in [2.05, 4.69) is 12.1 Å². The fraction of sp³-hybridized carbons (Fsp3) is 0. The van der Waals surface area contributed by atoms with Crippen LogP contribution in [0.3, 0.4) is 0 Å². The molecule has 0 bridgehead atoms. The van der Waals surface area contributed by atoms with Crippen LogP contribution in [0, 0.1) is 0 Å². The Hall–Kier alpha value is -2.69. The highest BCUT2D eigenvalue weighted by molar-refractivity contribution is 7.79. The fourth-order valence-electron chi connectivity index (χ4n) is 2.86. The molecule has 0 saturated carbocycles. The van der Waals surface area contributed by atoms with Crippen molar-refractivity contribution in [1.29, 1.82) is 0 Å². The summed E-state index contributed by atoms with van der Waals surface area (Å²) in [5.41, 5.74) is 3.80. The van der Waals surface area contributed by atoms with Gasteiger partial charge in [-0.15, -0.1) is 0 Å². The van der Waals surface area contributed by atoms with Gasteiger partial charge < -0.3 is 8.97 Å². The number of hydrogen-bond donors (Lipinski definition) is 1. The van der Waals surface area contributed by atoms with Crippen molar-refractivity contribution in [2.75, 3.05) is 0 Å². The Morgan fingerprint density at radius 1 is 0.750 bits per heavy atom. The molecule has 1 heterocycles. The Morgan fingerprint density at radius 3 is 2.12 bits per heavy atom. The van der Waals surface area contributed by atoms with Crippen molar-refractivity contribution in [2.45, 2.75) is 4.90 Å². The van der Waals surface area contributed by atoms with Crippen molar-refractivity contribution in [1.82, 2.24) is 0 Å². The number of rotatable bonds is 3. The predicted molar refractivity (Wildman–Crippen MR) is 96.1 cm³/mol. The van der Waals surface area contributed by atoms with E-state index in [1.165, 1.54) is 0 Å². The molecule has 1 unspecified atom stereocenters. The van der Waals surface area contributed by atoms with Crippen molar-refractivity contribution in [3.63, 3.8) is 0 Å². The highest BCUT2D eigenvalue weighted by Gasteiger charge is 2.17. The van der Waals surface area contributed by atoms with Crippen molar-refractivity contribution in [2.24, 2.45) is 0 Å². The quantitative estimate of drug-likeness (QED) is 0.514. The summed E-state index contributed by atoms with van der Waals surface area (Å²) in [5, 5.41) is 1.05. The van der Waals surface area contributed by atoms with Crippen LogP contribution < -0.4 is 0 Å². The maximum atomic E-state index is 11.2. The van der Waals surface area contributed by atoms with Gasteiger partial charge in [0.05, 0.1) is 4.90 Å². The van der Waals surface area contributed by atoms with Gasteiger partial charge in [0, 0.05) is 16.5 Å². The van der Waals surface area contributed by atoms with Gasteiger partial charge in [0.25, 0.3) is 0 Å². The zero-order valence-electron chi connectivity index (χ0n) is 12.7. The molecule has 1 atom stereocenters. The highest BCUT2D eigenvalue weighted by Crippen LogP contribution is 2.40. The molecule has 0 spiro atoms. The number of para-hydroxylation sites is 1. The maximum absolute atomic E-state index is 11.2. The summed E-state index contributed by atoms with van der Waals surface area (Å²) in [6, 6.07) is 24.9. The molecule has 4 heteroatoms. The number of benzene rings is 3. The lowest BCUT2D eigenvalue weighted by Crippen LogP contribution is -1.88. The lowest BCUT2D eigenvalue weighted by Gasteiger charge is -2.04. The Balaban J connectivity index is 1.96. The molecule has 24 heavy (non-hydrogen) atoms. The average Bonchev–Trinajstić information content (AvgIpc) is 3.02. The third-order valence-electron chi connectivity index (χ3n) is 3.98. The SMILES string of the molecule is O=S(O)c1ccc(-c2oc3ccccc3c2-c2ccccc2)cc1. The Kier molecular flexibility index (Phi) is 3.76. The van der Waals surface area contributed by atoms with Crippen LogP contribution in [0.15, 0.2) is 88.2 Å². The van der Waals surface area contributed by atoms with Gasteiger partial charge >= 0.3 is 0 Å². The molecule has 1 aromatic heterocycles. The molecule has 0 amide bonds. The van der Waals surface area contributed by atoms with Gasteiger partial charge in [0.2, 0.25) is 0 Å². The van der Waals surface area contributed by atoms with Gasteiger partial charge in [-0.05, 0) is 35.9 Å².